The molecule has 8 heteroatoms. The monoisotopic (exact) mass is 386 g/mol. The van der Waals surface area contributed by atoms with E-state index in [4.69, 9.17) is 0 Å². The van der Waals surface area contributed by atoms with Gasteiger partial charge in [0.1, 0.15) is 11.6 Å². The summed E-state index contributed by atoms with van der Waals surface area (Å²) in [7, 11) is 1.93. The van der Waals surface area contributed by atoms with Crippen LogP contribution in [0.15, 0.2) is 40.7 Å². The Labute approximate surface area is 162 Å². The van der Waals surface area contributed by atoms with E-state index in [0.29, 0.717) is 31.2 Å². The van der Waals surface area contributed by atoms with E-state index in [1.54, 1.807) is 24.3 Å². The van der Waals surface area contributed by atoms with E-state index < -0.39 is 0 Å². The van der Waals surface area contributed by atoms with Crippen molar-refractivity contribution in [1.82, 2.24) is 25.4 Å². The van der Waals surface area contributed by atoms with Gasteiger partial charge >= 0.3 is 0 Å². The molecule has 0 fully saturated rings. The molecule has 0 aliphatic rings. The summed E-state index contributed by atoms with van der Waals surface area (Å²) >= 11 is 1.68. The molecule has 2 N–H and O–H groups in total. The minimum absolute atomic E-state index is 0.210. The molecule has 0 unspecified atom stereocenters. The molecule has 27 heavy (non-hydrogen) atoms. The van der Waals surface area contributed by atoms with E-state index in [9.17, 15) is 4.39 Å². The number of halogens is 1. The summed E-state index contributed by atoms with van der Waals surface area (Å²) in [5.41, 5.74) is 1.46. The molecule has 2 aromatic heterocycles. The number of aliphatic imine (C=N–C) groups is 1. The lowest BCUT2D eigenvalue weighted by molar-refractivity contribution is 0.616. The average molecular weight is 387 g/mol. The van der Waals surface area contributed by atoms with E-state index in [1.807, 2.05) is 36.1 Å². The Hall–Kier alpha value is -2.74. The number of nitrogens with one attached hydrogen (secondary N) is 2. The van der Waals surface area contributed by atoms with Crippen molar-refractivity contribution in [3.8, 4) is 0 Å². The number of guanidine groups is 1. The zero-order valence-electron chi connectivity index (χ0n) is 15.7. The van der Waals surface area contributed by atoms with Gasteiger partial charge in [0.05, 0.1) is 19.6 Å². The first-order valence-corrected chi connectivity index (χ1v) is 9.55. The second-order valence-corrected chi connectivity index (χ2v) is 7.29. The topological polar surface area (TPSA) is 67.1 Å². The molecule has 0 aliphatic carbocycles. The van der Waals surface area contributed by atoms with Gasteiger partial charge in [-0.3, -0.25) is 0 Å². The number of hydrogen-bond donors (Lipinski definition) is 2. The van der Waals surface area contributed by atoms with Crippen molar-refractivity contribution in [1.29, 1.82) is 0 Å². The van der Waals surface area contributed by atoms with Crippen molar-refractivity contribution >= 4 is 17.3 Å². The largest absolute Gasteiger partial charge is 0.351 e. The molecular formula is C19H23FN6S. The van der Waals surface area contributed by atoms with Gasteiger partial charge < -0.3 is 15.2 Å². The van der Waals surface area contributed by atoms with Gasteiger partial charge in [0.15, 0.2) is 11.8 Å². The third-order valence-corrected chi connectivity index (χ3v) is 5.14. The highest BCUT2D eigenvalue weighted by Gasteiger charge is 2.07. The zero-order valence-corrected chi connectivity index (χ0v) is 16.5. The molecule has 3 aromatic rings. The molecule has 0 spiro atoms. The lowest BCUT2D eigenvalue weighted by Gasteiger charge is -2.12. The summed E-state index contributed by atoms with van der Waals surface area (Å²) < 4.78 is 15.7. The second kappa shape index (κ2) is 8.77. The van der Waals surface area contributed by atoms with Gasteiger partial charge in [-0.25, -0.2) is 9.38 Å². The smallest absolute Gasteiger partial charge is 0.192 e. The normalized spacial score (nSPS) is 11.6. The molecule has 0 saturated carbocycles. The van der Waals surface area contributed by atoms with Crippen LogP contribution in [0.3, 0.4) is 0 Å². The Balaban J connectivity index is 1.69. The van der Waals surface area contributed by atoms with Crippen molar-refractivity contribution in [2.45, 2.75) is 33.5 Å². The number of aromatic nitrogens is 3. The maximum atomic E-state index is 13.8. The lowest BCUT2D eigenvalue weighted by Crippen LogP contribution is -2.37. The third-order valence-electron chi connectivity index (χ3n) is 4.26. The minimum Gasteiger partial charge on any atom is -0.351 e. The fourth-order valence-electron chi connectivity index (χ4n) is 2.43. The number of benzene rings is 1. The zero-order chi connectivity index (χ0) is 19.2. The Bertz CT molecular complexity index is 916. The molecule has 0 aliphatic heterocycles. The average Bonchev–Trinajstić information content (AvgIpc) is 3.28. The molecule has 3 rings (SSSR count). The maximum Gasteiger partial charge on any atom is 0.192 e. The van der Waals surface area contributed by atoms with Crippen LogP contribution in [0.25, 0.3) is 0 Å². The first-order chi connectivity index (χ1) is 13.0. The van der Waals surface area contributed by atoms with Crippen LogP contribution in [-0.4, -0.2) is 20.7 Å². The Morgan fingerprint density at radius 2 is 2.00 bits per heavy atom. The molecular weight excluding hydrogens is 363 g/mol. The van der Waals surface area contributed by atoms with Crippen molar-refractivity contribution in [3.05, 3.63) is 69.2 Å². The van der Waals surface area contributed by atoms with E-state index in [2.05, 4.69) is 31.9 Å². The van der Waals surface area contributed by atoms with E-state index in [0.717, 1.165) is 17.2 Å². The van der Waals surface area contributed by atoms with Crippen molar-refractivity contribution in [2.75, 3.05) is 0 Å². The van der Waals surface area contributed by atoms with Gasteiger partial charge in [-0.15, -0.1) is 21.5 Å². The van der Waals surface area contributed by atoms with E-state index in [1.165, 1.54) is 10.9 Å². The fourth-order valence-corrected chi connectivity index (χ4v) is 3.08. The van der Waals surface area contributed by atoms with Crippen LogP contribution in [0.1, 0.15) is 27.7 Å². The van der Waals surface area contributed by atoms with Crippen LogP contribution in [-0.2, 0) is 26.7 Å². The molecule has 6 nitrogen and oxygen atoms in total. The summed E-state index contributed by atoms with van der Waals surface area (Å²) in [6.45, 7) is 5.21. The molecule has 0 saturated heterocycles. The predicted molar refractivity (Wildman–Crippen MR) is 106 cm³/mol. The van der Waals surface area contributed by atoms with Gasteiger partial charge in [0.2, 0.25) is 0 Å². The van der Waals surface area contributed by atoms with Gasteiger partial charge in [0.25, 0.3) is 0 Å². The number of rotatable bonds is 6. The van der Waals surface area contributed by atoms with Gasteiger partial charge in [-0.1, -0.05) is 18.2 Å². The van der Waals surface area contributed by atoms with Gasteiger partial charge in [0, 0.05) is 11.9 Å². The summed E-state index contributed by atoms with van der Waals surface area (Å²) in [6.07, 6.45) is 0. The molecule has 1 aromatic carbocycles. The fraction of sp³-hybridized carbons (Fsp3) is 0.316. The van der Waals surface area contributed by atoms with Crippen LogP contribution >= 0.6 is 11.3 Å². The molecule has 0 atom stereocenters. The summed E-state index contributed by atoms with van der Waals surface area (Å²) in [6, 6.07) is 9.28. The Kier molecular flexibility index (Phi) is 6.18. The highest BCUT2D eigenvalue weighted by Crippen LogP contribution is 2.10. The van der Waals surface area contributed by atoms with E-state index in [-0.39, 0.29) is 5.82 Å². The molecule has 0 bridgehead atoms. The molecule has 2 heterocycles. The Morgan fingerprint density at radius 1 is 1.19 bits per heavy atom. The summed E-state index contributed by atoms with van der Waals surface area (Å²) in [5.74, 6) is 2.11. The van der Waals surface area contributed by atoms with Crippen molar-refractivity contribution in [2.24, 2.45) is 12.0 Å². The number of hydrogen-bond acceptors (Lipinski definition) is 4. The summed E-state index contributed by atoms with van der Waals surface area (Å²) in [4.78, 5) is 5.80. The number of nitrogens with zero attached hydrogens (tertiary/aromatic N) is 4. The van der Waals surface area contributed by atoms with Crippen molar-refractivity contribution in [3.63, 3.8) is 0 Å². The quantitative estimate of drug-likeness (QED) is 0.505. The summed E-state index contributed by atoms with van der Waals surface area (Å²) in [5, 5.41) is 16.9. The van der Waals surface area contributed by atoms with Crippen LogP contribution < -0.4 is 10.6 Å². The van der Waals surface area contributed by atoms with Gasteiger partial charge in [-0.2, -0.15) is 0 Å². The first-order valence-electron chi connectivity index (χ1n) is 8.67. The van der Waals surface area contributed by atoms with Crippen molar-refractivity contribution < 1.29 is 4.39 Å². The highest BCUT2D eigenvalue weighted by molar-refractivity contribution is 7.09. The second-order valence-electron chi connectivity index (χ2n) is 6.26. The SMILES string of the molecule is Cc1ccc(CN=C(NCc2cccs2)NCc2nnc(C)n2C)cc1F. The third kappa shape index (κ3) is 5.13. The lowest BCUT2D eigenvalue weighted by atomic mass is 10.1. The Morgan fingerprint density at radius 3 is 2.67 bits per heavy atom. The molecule has 142 valence electrons. The molecule has 0 amide bonds. The van der Waals surface area contributed by atoms with Crippen LogP contribution in [0.4, 0.5) is 4.39 Å². The maximum absolute atomic E-state index is 13.8. The standard InChI is InChI=1S/C19H23FN6S/c1-13-6-7-15(9-17(13)20)10-21-19(22-11-16-5-4-8-27-16)23-12-18-25-24-14(2)26(18)3/h4-9H,10-12H2,1-3H3,(H2,21,22,23). The number of aryl methyl sites for hydroxylation is 2. The minimum atomic E-state index is -0.210. The highest BCUT2D eigenvalue weighted by atomic mass is 32.1. The van der Waals surface area contributed by atoms with E-state index >= 15 is 0 Å². The van der Waals surface area contributed by atoms with Gasteiger partial charge in [-0.05, 0) is 42.5 Å². The van der Waals surface area contributed by atoms with Crippen LogP contribution in [0.2, 0.25) is 0 Å². The van der Waals surface area contributed by atoms with Crippen LogP contribution in [0, 0.1) is 19.7 Å². The number of thiophene rings is 1. The predicted octanol–water partition coefficient (Wildman–Crippen LogP) is 3.07. The first kappa shape index (κ1) is 19.0. The molecule has 0 radical (unpaired) electrons. The van der Waals surface area contributed by atoms with Crippen LogP contribution in [0.5, 0.6) is 0 Å².